The molecule has 1 aromatic heterocycles. The minimum absolute atomic E-state index is 0.406. The van der Waals surface area contributed by atoms with Gasteiger partial charge in [-0.2, -0.15) is 0 Å². The first-order valence-corrected chi connectivity index (χ1v) is 11.8. The van der Waals surface area contributed by atoms with Crippen molar-refractivity contribution in [2.75, 3.05) is 32.7 Å². The molecule has 0 radical (unpaired) electrons. The zero-order valence-corrected chi connectivity index (χ0v) is 17.9. The summed E-state index contributed by atoms with van der Waals surface area (Å²) in [5.74, 6) is 1.88. The Morgan fingerprint density at radius 3 is 2.43 bits per heavy atom. The summed E-state index contributed by atoms with van der Waals surface area (Å²) < 4.78 is 2.21. The summed E-state index contributed by atoms with van der Waals surface area (Å²) in [6.07, 6.45) is 13.6. The first-order chi connectivity index (χ1) is 14.9. The van der Waals surface area contributed by atoms with E-state index in [1.807, 2.05) is 0 Å². The molecule has 6 heteroatoms. The molecule has 1 unspecified atom stereocenters. The molecule has 0 N–H and O–H groups in total. The molecule has 2 aromatic rings. The van der Waals surface area contributed by atoms with Crippen molar-refractivity contribution in [2.24, 2.45) is 5.92 Å². The second kappa shape index (κ2) is 9.40. The van der Waals surface area contributed by atoms with E-state index in [9.17, 15) is 0 Å². The molecule has 0 bridgehead atoms. The summed E-state index contributed by atoms with van der Waals surface area (Å²) >= 11 is 0. The van der Waals surface area contributed by atoms with Gasteiger partial charge in [0.2, 0.25) is 0 Å². The van der Waals surface area contributed by atoms with Crippen LogP contribution >= 0.6 is 0 Å². The van der Waals surface area contributed by atoms with E-state index < -0.39 is 0 Å². The second-order valence-corrected chi connectivity index (χ2v) is 9.21. The van der Waals surface area contributed by atoms with Crippen molar-refractivity contribution in [1.29, 1.82) is 0 Å². The topological polar surface area (TPSA) is 50.1 Å². The van der Waals surface area contributed by atoms with Crippen LogP contribution < -0.4 is 0 Å². The summed E-state index contributed by atoms with van der Waals surface area (Å²) in [4.78, 5) is 5.23. The number of aromatic nitrogens is 4. The molecule has 1 atom stereocenters. The summed E-state index contributed by atoms with van der Waals surface area (Å²) in [7, 11) is 0. The largest absolute Gasteiger partial charge is 0.297 e. The van der Waals surface area contributed by atoms with E-state index in [2.05, 4.69) is 72.5 Å². The Morgan fingerprint density at radius 2 is 1.70 bits per heavy atom. The Morgan fingerprint density at radius 1 is 0.933 bits per heavy atom. The maximum atomic E-state index is 4.57. The van der Waals surface area contributed by atoms with E-state index in [0.717, 1.165) is 44.5 Å². The molecule has 3 fully saturated rings. The van der Waals surface area contributed by atoms with Crippen molar-refractivity contribution < 1.29 is 0 Å². The first-order valence-electron chi connectivity index (χ1n) is 11.8. The lowest BCUT2D eigenvalue weighted by atomic mass is 9.95. The number of benzene rings is 1. The van der Waals surface area contributed by atoms with Crippen LogP contribution in [0.1, 0.15) is 68.4 Å². The lowest BCUT2D eigenvalue weighted by molar-refractivity contribution is 0.0846. The van der Waals surface area contributed by atoms with Gasteiger partial charge in [0.1, 0.15) is 0 Å². The van der Waals surface area contributed by atoms with Crippen LogP contribution in [-0.2, 0) is 0 Å². The number of hydrogen-bond donors (Lipinski definition) is 0. The molecule has 1 aromatic carbocycles. The molecular formula is C24H34N6. The molecule has 0 amide bonds. The lowest BCUT2D eigenvalue weighted by Crippen LogP contribution is -2.48. The first kappa shape index (κ1) is 19.9. The summed E-state index contributed by atoms with van der Waals surface area (Å²) in [5.41, 5.74) is 1.28. The van der Waals surface area contributed by atoms with Crippen molar-refractivity contribution in [3.8, 4) is 0 Å². The van der Waals surface area contributed by atoms with Crippen LogP contribution in [0.2, 0.25) is 0 Å². The van der Waals surface area contributed by atoms with Gasteiger partial charge >= 0.3 is 0 Å². The smallest absolute Gasteiger partial charge is 0.168 e. The average molecular weight is 407 g/mol. The quantitative estimate of drug-likeness (QED) is 0.697. The number of rotatable bonds is 7. The number of piperazine rings is 1. The highest BCUT2D eigenvalue weighted by atomic mass is 15.6. The molecule has 6 nitrogen and oxygen atoms in total. The normalized spacial score (nSPS) is 23.2. The van der Waals surface area contributed by atoms with Crippen LogP contribution in [0, 0.1) is 5.92 Å². The third-order valence-corrected chi connectivity index (χ3v) is 7.05. The van der Waals surface area contributed by atoms with E-state index in [1.54, 1.807) is 0 Å². The fourth-order valence-corrected chi connectivity index (χ4v) is 5.19. The average Bonchev–Trinajstić information content (AvgIpc) is 3.52. The molecule has 1 aliphatic heterocycles. The van der Waals surface area contributed by atoms with Gasteiger partial charge in [0.05, 0.1) is 12.1 Å². The monoisotopic (exact) mass is 406 g/mol. The zero-order chi connectivity index (χ0) is 20.2. The van der Waals surface area contributed by atoms with Crippen LogP contribution in [-0.4, -0.2) is 62.7 Å². The molecule has 30 heavy (non-hydrogen) atoms. The van der Waals surface area contributed by atoms with Gasteiger partial charge in [0, 0.05) is 32.7 Å². The minimum atomic E-state index is 0.406. The minimum Gasteiger partial charge on any atom is -0.297 e. The Balaban J connectivity index is 1.20. The predicted octanol–water partition coefficient (Wildman–Crippen LogP) is 3.96. The van der Waals surface area contributed by atoms with Crippen LogP contribution in [0.15, 0.2) is 36.4 Å². The van der Waals surface area contributed by atoms with Crippen molar-refractivity contribution in [2.45, 2.75) is 57.0 Å². The van der Waals surface area contributed by atoms with Gasteiger partial charge in [-0.1, -0.05) is 61.7 Å². The summed E-state index contributed by atoms with van der Waals surface area (Å²) in [6, 6.07) is 11.5. The summed E-state index contributed by atoms with van der Waals surface area (Å²) in [6.45, 7) is 5.48. The van der Waals surface area contributed by atoms with E-state index >= 15 is 0 Å². The maximum absolute atomic E-state index is 4.57. The molecule has 3 aliphatic rings. The van der Waals surface area contributed by atoms with Gasteiger partial charge in [-0.3, -0.25) is 9.80 Å². The molecule has 2 heterocycles. The molecule has 2 aliphatic carbocycles. The SMILES string of the molecule is C(=C\c1ccccc1)/CN1CCN(C(c2nnnn2C2CCCCC2)C2CC2)CC1. The van der Waals surface area contributed by atoms with Crippen molar-refractivity contribution in [3.63, 3.8) is 0 Å². The third kappa shape index (κ3) is 4.65. The number of hydrogen-bond acceptors (Lipinski definition) is 5. The second-order valence-electron chi connectivity index (χ2n) is 9.21. The van der Waals surface area contributed by atoms with Gasteiger partial charge < -0.3 is 0 Å². The maximum Gasteiger partial charge on any atom is 0.168 e. The van der Waals surface area contributed by atoms with Crippen molar-refractivity contribution in [1.82, 2.24) is 30.0 Å². The van der Waals surface area contributed by atoms with E-state index in [0.29, 0.717) is 12.1 Å². The van der Waals surface area contributed by atoms with Crippen molar-refractivity contribution in [3.05, 3.63) is 47.8 Å². The van der Waals surface area contributed by atoms with Crippen LogP contribution in [0.5, 0.6) is 0 Å². The van der Waals surface area contributed by atoms with Crippen LogP contribution in [0.25, 0.3) is 6.08 Å². The van der Waals surface area contributed by atoms with E-state index in [4.69, 9.17) is 0 Å². The van der Waals surface area contributed by atoms with Gasteiger partial charge in [-0.25, -0.2) is 4.68 Å². The van der Waals surface area contributed by atoms with Gasteiger partial charge in [0.15, 0.2) is 5.82 Å². The van der Waals surface area contributed by atoms with E-state index in [-0.39, 0.29) is 0 Å². The third-order valence-electron chi connectivity index (χ3n) is 7.05. The zero-order valence-electron chi connectivity index (χ0n) is 17.9. The van der Waals surface area contributed by atoms with Crippen molar-refractivity contribution >= 4 is 6.08 Å². The number of nitrogens with zero attached hydrogens (tertiary/aromatic N) is 6. The van der Waals surface area contributed by atoms with Gasteiger partial charge in [-0.05, 0) is 47.6 Å². The fraction of sp³-hybridized carbons (Fsp3) is 0.625. The van der Waals surface area contributed by atoms with E-state index in [1.165, 1.54) is 50.5 Å². The standard InChI is InChI=1S/C24H34N6/c1-3-8-20(9-4-1)10-7-15-28-16-18-29(19-17-28)23(21-13-14-21)24-25-26-27-30(24)22-11-5-2-6-12-22/h1,3-4,7-10,21-23H,2,5-6,11-19H2/b10-7+. The molecule has 0 spiro atoms. The molecule has 5 rings (SSSR count). The highest BCUT2D eigenvalue weighted by Gasteiger charge is 2.41. The molecule has 160 valence electrons. The van der Waals surface area contributed by atoms with Crippen LogP contribution in [0.3, 0.4) is 0 Å². The highest BCUT2D eigenvalue weighted by Crippen LogP contribution is 2.45. The summed E-state index contributed by atoms with van der Waals surface area (Å²) in [5, 5.41) is 13.1. The van der Waals surface area contributed by atoms with Gasteiger partial charge in [0.25, 0.3) is 0 Å². The Kier molecular flexibility index (Phi) is 6.23. The Bertz CT molecular complexity index is 813. The number of tetrazole rings is 1. The van der Waals surface area contributed by atoms with Crippen LogP contribution in [0.4, 0.5) is 0 Å². The fourth-order valence-electron chi connectivity index (χ4n) is 5.19. The Hall–Kier alpha value is -2.05. The van der Waals surface area contributed by atoms with Gasteiger partial charge in [-0.15, -0.1) is 5.10 Å². The predicted molar refractivity (Wildman–Crippen MR) is 119 cm³/mol. The highest BCUT2D eigenvalue weighted by molar-refractivity contribution is 5.48. The molecular weight excluding hydrogens is 372 g/mol. The molecule has 1 saturated heterocycles. The molecule has 2 saturated carbocycles. The Labute approximate surface area is 179 Å². The lowest BCUT2D eigenvalue weighted by Gasteiger charge is -2.39.